The molecule has 160 valence electrons. The van der Waals surface area contributed by atoms with Crippen molar-refractivity contribution in [3.63, 3.8) is 0 Å². The molecular formula is C24H43N3O. The van der Waals surface area contributed by atoms with Gasteiger partial charge in [0.15, 0.2) is 0 Å². The van der Waals surface area contributed by atoms with Gasteiger partial charge in [-0.05, 0) is 101 Å². The van der Waals surface area contributed by atoms with E-state index in [0.29, 0.717) is 12.0 Å². The minimum Gasteiger partial charge on any atom is -0.497 e. The molecule has 0 saturated heterocycles. The summed E-state index contributed by atoms with van der Waals surface area (Å²) in [5, 5.41) is 3.85. The third kappa shape index (κ3) is 6.47. The van der Waals surface area contributed by atoms with Crippen LogP contribution in [0.2, 0.25) is 0 Å². The van der Waals surface area contributed by atoms with Crippen LogP contribution in [0.25, 0.3) is 0 Å². The van der Waals surface area contributed by atoms with E-state index in [4.69, 9.17) is 4.74 Å². The summed E-state index contributed by atoms with van der Waals surface area (Å²) in [7, 11) is 1.77. The van der Waals surface area contributed by atoms with Gasteiger partial charge in [0.2, 0.25) is 0 Å². The van der Waals surface area contributed by atoms with Crippen molar-refractivity contribution in [3.05, 3.63) is 29.3 Å². The molecule has 1 N–H and O–H groups in total. The number of hydrogen-bond donors (Lipinski definition) is 1. The van der Waals surface area contributed by atoms with Gasteiger partial charge in [0, 0.05) is 6.04 Å². The average molecular weight is 390 g/mol. The molecule has 0 saturated carbocycles. The highest BCUT2D eigenvalue weighted by atomic mass is 16.5. The number of methoxy groups -OCH3 is 1. The van der Waals surface area contributed by atoms with E-state index in [2.05, 4.69) is 61.0 Å². The second kappa shape index (κ2) is 12.5. The molecule has 28 heavy (non-hydrogen) atoms. The van der Waals surface area contributed by atoms with E-state index in [1.54, 1.807) is 12.7 Å². The van der Waals surface area contributed by atoms with Gasteiger partial charge in [-0.1, -0.05) is 33.8 Å². The Morgan fingerprint density at radius 2 is 1.57 bits per heavy atom. The smallest absolute Gasteiger partial charge is 0.119 e. The summed E-state index contributed by atoms with van der Waals surface area (Å²) in [6.45, 7) is 17.1. The first-order valence-corrected chi connectivity index (χ1v) is 11.5. The Labute approximate surface area is 173 Å². The lowest BCUT2D eigenvalue weighted by Gasteiger charge is -2.20. The zero-order valence-corrected chi connectivity index (χ0v) is 19.0. The molecule has 2 atom stereocenters. The van der Waals surface area contributed by atoms with E-state index in [-0.39, 0.29) is 0 Å². The van der Waals surface area contributed by atoms with E-state index in [1.165, 1.54) is 44.3 Å². The molecule has 1 aromatic rings. The van der Waals surface area contributed by atoms with Crippen LogP contribution in [-0.4, -0.2) is 62.7 Å². The van der Waals surface area contributed by atoms with Crippen LogP contribution >= 0.6 is 0 Å². The summed E-state index contributed by atoms with van der Waals surface area (Å²) in [6, 6.07) is 7.19. The highest BCUT2D eigenvalue weighted by Gasteiger charge is 2.30. The van der Waals surface area contributed by atoms with Crippen LogP contribution < -0.4 is 10.1 Å². The van der Waals surface area contributed by atoms with Crippen molar-refractivity contribution in [3.8, 4) is 5.75 Å². The molecule has 0 aromatic heterocycles. The highest BCUT2D eigenvalue weighted by Crippen LogP contribution is 2.44. The van der Waals surface area contributed by atoms with Crippen LogP contribution in [0.4, 0.5) is 0 Å². The van der Waals surface area contributed by atoms with Crippen LogP contribution in [-0.2, 0) is 0 Å². The predicted molar refractivity (Wildman–Crippen MR) is 121 cm³/mol. The first-order chi connectivity index (χ1) is 13.7. The molecule has 1 aliphatic carbocycles. The van der Waals surface area contributed by atoms with Gasteiger partial charge < -0.3 is 19.9 Å². The average Bonchev–Trinajstić information content (AvgIpc) is 3.08. The number of nitrogens with one attached hydrogen (secondary N) is 1. The fraction of sp³-hybridized carbons (Fsp3) is 0.750. The molecule has 2 unspecified atom stereocenters. The summed E-state index contributed by atoms with van der Waals surface area (Å²) >= 11 is 0. The standard InChI is InChI=1S/C24H43N3O/c1-6-26(7-2)16-10-12-20-18-24(25-15-11-17-27(8-3)9-4)23-19-21(28-5)13-14-22(20)23/h13-14,19-20,24-25H,6-12,15-18H2,1-5H3. The van der Waals surface area contributed by atoms with Gasteiger partial charge in [-0.25, -0.2) is 0 Å². The van der Waals surface area contributed by atoms with Gasteiger partial charge in [0.1, 0.15) is 5.75 Å². The fourth-order valence-electron chi connectivity index (χ4n) is 4.58. The molecule has 1 aliphatic rings. The van der Waals surface area contributed by atoms with Crippen molar-refractivity contribution in [2.75, 3.05) is 52.9 Å². The number of ether oxygens (including phenoxy) is 1. The lowest BCUT2D eigenvalue weighted by molar-refractivity contribution is 0.289. The van der Waals surface area contributed by atoms with E-state index < -0.39 is 0 Å². The first-order valence-electron chi connectivity index (χ1n) is 11.5. The second-order valence-corrected chi connectivity index (χ2v) is 7.98. The van der Waals surface area contributed by atoms with Crippen LogP contribution in [0.3, 0.4) is 0 Å². The predicted octanol–water partition coefficient (Wildman–Crippen LogP) is 4.67. The van der Waals surface area contributed by atoms with Crippen molar-refractivity contribution in [1.29, 1.82) is 0 Å². The van der Waals surface area contributed by atoms with E-state index in [9.17, 15) is 0 Å². The second-order valence-electron chi connectivity index (χ2n) is 7.98. The van der Waals surface area contributed by atoms with Crippen molar-refractivity contribution >= 4 is 0 Å². The van der Waals surface area contributed by atoms with Crippen LogP contribution in [0, 0.1) is 0 Å². The van der Waals surface area contributed by atoms with Crippen molar-refractivity contribution in [2.45, 2.75) is 65.3 Å². The molecule has 0 radical (unpaired) electrons. The van der Waals surface area contributed by atoms with Gasteiger partial charge >= 0.3 is 0 Å². The van der Waals surface area contributed by atoms with E-state index >= 15 is 0 Å². The van der Waals surface area contributed by atoms with Gasteiger partial charge in [-0.2, -0.15) is 0 Å². The number of nitrogens with zero attached hydrogens (tertiary/aromatic N) is 2. The minimum absolute atomic E-state index is 0.472. The third-order valence-electron chi connectivity index (χ3n) is 6.49. The highest BCUT2D eigenvalue weighted by molar-refractivity contribution is 5.43. The van der Waals surface area contributed by atoms with Gasteiger partial charge in [0.25, 0.3) is 0 Å². The molecule has 0 aliphatic heterocycles. The molecule has 4 heteroatoms. The van der Waals surface area contributed by atoms with E-state index in [0.717, 1.165) is 38.5 Å². The maximum Gasteiger partial charge on any atom is 0.119 e. The number of benzene rings is 1. The number of rotatable bonds is 14. The zero-order chi connectivity index (χ0) is 20.4. The molecule has 0 amide bonds. The Balaban J connectivity index is 1.93. The Kier molecular flexibility index (Phi) is 10.3. The number of fused-ring (bicyclic) bond motifs is 1. The van der Waals surface area contributed by atoms with Gasteiger partial charge in [-0.3, -0.25) is 0 Å². The minimum atomic E-state index is 0.472. The molecule has 0 heterocycles. The Bertz CT molecular complexity index is 555. The summed E-state index contributed by atoms with van der Waals surface area (Å²) in [4.78, 5) is 5.04. The molecule has 2 rings (SSSR count). The molecule has 1 aromatic carbocycles. The Hall–Kier alpha value is -1.10. The number of hydrogen-bond acceptors (Lipinski definition) is 4. The third-order valence-corrected chi connectivity index (χ3v) is 6.49. The molecule has 4 nitrogen and oxygen atoms in total. The van der Waals surface area contributed by atoms with Crippen LogP contribution in [0.1, 0.15) is 76.5 Å². The van der Waals surface area contributed by atoms with E-state index in [1.807, 2.05) is 0 Å². The normalized spacial score (nSPS) is 18.8. The topological polar surface area (TPSA) is 27.7 Å². The lowest BCUT2D eigenvalue weighted by Crippen LogP contribution is -2.28. The SMILES string of the molecule is CCN(CC)CCCNC1CC(CCCN(CC)CC)c2ccc(OC)cc21. The summed E-state index contributed by atoms with van der Waals surface area (Å²) in [5.41, 5.74) is 3.01. The quantitative estimate of drug-likeness (QED) is 0.468. The summed E-state index contributed by atoms with van der Waals surface area (Å²) in [5.74, 6) is 1.66. The first kappa shape index (κ1) is 23.2. The Morgan fingerprint density at radius 1 is 0.929 bits per heavy atom. The summed E-state index contributed by atoms with van der Waals surface area (Å²) in [6.07, 6.45) is 5.01. The molecule has 0 bridgehead atoms. The molecule has 0 fully saturated rings. The monoisotopic (exact) mass is 389 g/mol. The Morgan fingerprint density at radius 3 is 2.18 bits per heavy atom. The maximum absolute atomic E-state index is 5.51. The largest absolute Gasteiger partial charge is 0.497 e. The van der Waals surface area contributed by atoms with Crippen molar-refractivity contribution < 1.29 is 4.74 Å². The maximum atomic E-state index is 5.51. The summed E-state index contributed by atoms with van der Waals surface area (Å²) < 4.78 is 5.51. The van der Waals surface area contributed by atoms with Gasteiger partial charge in [-0.15, -0.1) is 0 Å². The van der Waals surface area contributed by atoms with Crippen molar-refractivity contribution in [2.24, 2.45) is 0 Å². The lowest BCUT2D eigenvalue weighted by atomic mass is 9.96. The molecular weight excluding hydrogens is 346 g/mol. The van der Waals surface area contributed by atoms with Crippen LogP contribution in [0.5, 0.6) is 5.75 Å². The van der Waals surface area contributed by atoms with Crippen molar-refractivity contribution in [1.82, 2.24) is 15.1 Å². The molecule has 0 spiro atoms. The fourth-order valence-corrected chi connectivity index (χ4v) is 4.58. The van der Waals surface area contributed by atoms with Gasteiger partial charge in [0.05, 0.1) is 7.11 Å². The van der Waals surface area contributed by atoms with Crippen LogP contribution in [0.15, 0.2) is 18.2 Å². The zero-order valence-electron chi connectivity index (χ0n) is 19.0.